The minimum absolute atomic E-state index is 0.0226. The van der Waals surface area contributed by atoms with E-state index >= 15 is 0 Å². The predicted molar refractivity (Wildman–Crippen MR) is 335 cm³/mol. The van der Waals surface area contributed by atoms with Crippen molar-refractivity contribution >= 4 is 185 Å². The second-order valence-corrected chi connectivity index (χ2v) is 19.6. The number of hydrogen-bond acceptors (Lipinski definition) is 2. The zero-order chi connectivity index (χ0) is 53.2. The summed E-state index contributed by atoms with van der Waals surface area (Å²) in [6.45, 7) is 0. The molecule has 5 nitrogen and oxygen atoms in total. The van der Waals surface area contributed by atoms with Crippen molar-refractivity contribution in [2.45, 2.75) is 0 Å². The third-order valence-electron chi connectivity index (χ3n) is 15.4. The molecule has 0 saturated heterocycles. The van der Waals surface area contributed by atoms with Crippen LogP contribution in [0.1, 0.15) is 0 Å². The van der Waals surface area contributed by atoms with Crippen LogP contribution in [0.5, 0.6) is 0 Å². The second kappa shape index (κ2) is 18.2. The number of para-hydroxylation sites is 6. The SMILES string of the molecule is [B]c1c([B])c([B])c(-c2c([B])c([B])c(-c3cc(-c4cc(-n5c6ccccc6c6ccccc65)c(-n5c6ccccc6c6ccccc65)c(-n5c6ccccc6c6ccccc65)c4)nc(-c4ccccc4)n3)c([B])c2[B])c([B])c1[B]. The fraction of sp³-hybridized carbons (Fsp3) is 0. The van der Waals surface area contributed by atoms with E-state index in [0.29, 0.717) is 17.2 Å². The average Bonchev–Trinajstić information content (AvgIpc) is 4.32. The van der Waals surface area contributed by atoms with Crippen LogP contribution in [0.3, 0.4) is 0 Å². The summed E-state index contributed by atoms with van der Waals surface area (Å²) in [6, 6.07) is 67.5. The molecule has 0 aliphatic heterocycles. The number of aromatic nitrogens is 5. The number of benzene rings is 10. The van der Waals surface area contributed by atoms with Crippen LogP contribution in [0.25, 0.3) is 128 Å². The fourth-order valence-corrected chi connectivity index (χ4v) is 11.8. The molecule has 14 heteroatoms. The number of fused-ring (bicyclic) bond motifs is 9. The molecule has 10 aromatic carbocycles. The number of rotatable bonds is 7. The molecular formula is C64H32B9N5. The number of hydrogen-bond donors (Lipinski definition) is 0. The highest BCUT2D eigenvalue weighted by Gasteiger charge is 2.28. The van der Waals surface area contributed by atoms with Crippen LogP contribution in [-0.4, -0.2) is 94.3 Å². The maximum atomic E-state index is 7.16. The van der Waals surface area contributed by atoms with Gasteiger partial charge in [0.25, 0.3) is 0 Å². The minimum atomic E-state index is 0.0226. The highest BCUT2D eigenvalue weighted by molar-refractivity contribution is 6.70. The molecule has 18 radical (unpaired) electrons. The lowest BCUT2D eigenvalue weighted by atomic mass is 9.56. The molecule has 78 heavy (non-hydrogen) atoms. The van der Waals surface area contributed by atoms with E-state index in [4.69, 9.17) is 80.6 Å². The van der Waals surface area contributed by atoms with Gasteiger partial charge in [0, 0.05) is 43.4 Å². The zero-order valence-corrected chi connectivity index (χ0v) is 41.9. The lowest BCUT2D eigenvalue weighted by Crippen LogP contribution is -2.57. The van der Waals surface area contributed by atoms with Gasteiger partial charge in [-0.1, -0.05) is 172 Å². The summed E-state index contributed by atoms with van der Waals surface area (Å²) < 4.78 is 7.19. The van der Waals surface area contributed by atoms with Gasteiger partial charge in [0.1, 0.15) is 70.6 Å². The van der Waals surface area contributed by atoms with Crippen LogP contribution in [-0.2, 0) is 0 Å². The van der Waals surface area contributed by atoms with E-state index in [1.165, 1.54) is 0 Å². The second-order valence-electron chi connectivity index (χ2n) is 19.6. The van der Waals surface area contributed by atoms with Crippen LogP contribution in [0.15, 0.2) is 194 Å². The number of nitrogens with zero attached hydrogens (tertiary/aromatic N) is 5. The van der Waals surface area contributed by atoms with E-state index in [-0.39, 0.29) is 65.9 Å². The molecule has 340 valence electrons. The maximum absolute atomic E-state index is 7.16. The van der Waals surface area contributed by atoms with E-state index < -0.39 is 0 Å². The van der Waals surface area contributed by atoms with Crippen LogP contribution in [0, 0.1) is 0 Å². The first-order valence-corrected chi connectivity index (χ1v) is 25.4. The van der Waals surface area contributed by atoms with Gasteiger partial charge in [-0.2, -0.15) is 0 Å². The normalized spacial score (nSPS) is 11.8. The lowest BCUT2D eigenvalue weighted by Gasteiger charge is -2.28. The van der Waals surface area contributed by atoms with Gasteiger partial charge >= 0.3 is 0 Å². The molecule has 0 unspecified atom stereocenters. The fourth-order valence-electron chi connectivity index (χ4n) is 11.8. The molecule has 0 amide bonds. The van der Waals surface area contributed by atoms with Gasteiger partial charge in [0.05, 0.1) is 61.6 Å². The molecule has 4 heterocycles. The third-order valence-corrected chi connectivity index (χ3v) is 15.4. The molecule has 4 aromatic heterocycles. The molecule has 0 N–H and O–H groups in total. The Bertz CT molecular complexity index is 4510. The lowest BCUT2D eigenvalue weighted by molar-refractivity contribution is 1.05. The van der Waals surface area contributed by atoms with Gasteiger partial charge in [-0.3, -0.25) is 0 Å². The molecule has 14 aromatic rings. The third kappa shape index (κ3) is 7.01. The van der Waals surface area contributed by atoms with Gasteiger partial charge in [0.15, 0.2) is 5.82 Å². The van der Waals surface area contributed by atoms with Crippen molar-refractivity contribution in [1.29, 1.82) is 0 Å². The Morgan fingerprint density at radius 1 is 0.256 bits per heavy atom. The first-order valence-electron chi connectivity index (χ1n) is 25.4. The first kappa shape index (κ1) is 47.7. The van der Waals surface area contributed by atoms with Gasteiger partial charge in [-0.25, -0.2) is 9.97 Å². The Balaban J connectivity index is 1.15. The van der Waals surface area contributed by atoms with E-state index in [1.807, 2.05) is 36.4 Å². The molecule has 0 bridgehead atoms. The average molecular weight is 968 g/mol. The summed E-state index contributed by atoms with van der Waals surface area (Å²) in [5.74, 6) is 0.402. The Morgan fingerprint density at radius 3 is 0.936 bits per heavy atom. The smallest absolute Gasteiger partial charge is 0.160 e. The zero-order valence-electron chi connectivity index (χ0n) is 41.9. The molecule has 0 spiro atoms. The van der Waals surface area contributed by atoms with Crippen molar-refractivity contribution in [2.75, 3.05) is 0 Å². The van der Waals surface area contributed by atoms with E-state index in [0.717, 1.165) is 93.6 Å². The summed E-state index contributed by atoms with van der Waals surface area (Å²) in [6.07, 6.45) is 0. The Kier molecular flexibility index (Phi) is 11.1. The topological polar surface area (TPSA) is 40.6 Å². The van der Waals surface area contributed by atoms with Crippen LogP contribution in [0.4, 0.5) is 0 Å². The van der Waals surface area contributed by atoms with Crippen molar-refractivity contribution in [3.63, 3.8) is 0 Å². The van der Waals surface area contributed by atoms with E-state index in [9.17, 15) is 0 Å². The van der Waals surface area contributed by atoms with Crippen LogP contribution >= 0.6 is 0 Å². The Hall–Kier alpha value is -8.74. The predicted octanol–water partition coefficient (Wildman–Crippen LogP) is 5.58. The van der Waals surface area contributed by atoms with Crippen LogP contribution < -0.4 is 49.2 Å². The summed E-state index contributed by atoms with van der Waals surface area (Å²) in [7, 11) is 60.5. The first-order chi connectivity index (χ1) is 38.0. The summed E-state index contributed by atoms with van der Waals surface area (Å²) >= 11 is 0. The van der Waals surface area contributed by atoms with Crippen molar-refractivity contribution in [2.24, 2.45) is 0 Å². The van der Waals surface area contributed by atoms with Gasteiger partial charge in [-0.15, -0.1) is 16.4 Å². The highest BCUT2D eigenvalue weighted by Crippen LogP contribution is 2.45. The Morgan fingerprint density at radius 2 is 0.551 bits per heavy atom. The minimum Gasteiger partial charge on any atom is -0.307 e. The molecule has 14 rings (SSSR count). The van der Waals surface area contributed by atoms with E-state index in [1.54, 1.807) is 0 Å². The largest absolute Gasteiger partial charge is 0.307 e. The van der Waals surface area contributed by atoms with Gasteiger partial charge in [-0.05, 0) is 71.3 Å². The maximum Gasteiger partial charge on any atom is 0.160 e. The highest BCUT2D eigenvalue weighted by atomic mass is 15.1. The standard InChI is InChI=1S/C64H32B9N5/c65-54-51(55(66)57(68)52(56(54)67)53-58(69)60(71)62(73)61(72)59(53)70)42-32-41(74-64(75-42)33-16-2-1-3-17-33)34-30-49(76-43-24-10-4-18-35(43)36-19-5-11-25-44(36)76)63(78-47-28-14-8-22-39(47)40-23-9-15-29-48(40)78)50(31-34)77-45-26-12-6-20-37(45)38-21-7-13-27-46(38)77/h1-32H. The quantitative estimate of drug-likeness (QED) is 0.196. The molecule has 0 saturated carbocycles. The summed E-state index contributed by atoms with van der Waals surface area (Å²) in [5.41, 5.74) is 12.4. The molecule has 0 aliphatic carbocycles. The molecule has 0 atom stereocenters. The molecular weight excluding hydrogens is 936 g/mol. The van der Waals surface area contributed by atoms with Crippen molar-refractivity contribution < 1.29 is 0 Å². The van der Waals surface area contributed by atoms with Crippen LogP contribution in [0.2, 0.25) is 0 Å². The molecule has 0 fully saturated rings. The van der Waals surface area contributed by atoms with Crippen molar-refractivity contribution in [1.82, 2.24) is 23.7 Å². The summed E-state index contributed by atoms with van der Waals surface area (Å²) in [5, 5.41) is 6.69. The van der Waals surface area contributed by atoms with Gasteiger partial charge in [0.2, 0.25) is 0 Å². The monoisotopic (exact) mass is 969 g/mol. The Labute approximate surface area is 462 Å². The van der Waals surface area contributed by atoms with E-state index in [2.05, 4.69) is 171 Å². The van der Waals surface area contributed by atoms with Gasteiger partial charge < -0.3 is 13.7 Å². The van der Waals surface area contributed by atoms with Crippen molar-refractivity contribution in [3.05, 3.63) is 194 Å². The summed E-state index contributed by atoms with van der Waals surface area (Å²) in [4.78, 5) is 10.7. The van der Waals surface area contributed by atoms with Crippen molar-refractivity contribution in [3.8, 4) is 62.1 Å². The molecule has 0 aliphatic rings.